The molecule has 1 aromatic carbocycles. The van der Waals surface area contributed by atoms with E-state index in [1.165, 1.54) is 32.1 Å². The van der Waals surface area contributed by atoms with Crippen molar-refractivity contribution in [2.75, 3.05) is 24.7 Å². The third kappa shape index (κ3) is 3.25. The summed E-state index contributed by atoms with van der Waals surface area (Å²) in [6, 6.07) is 8.49. The molecular formula is C30H38N4O4. The number of piperidine rings is 1. The summed E-state index contributed by atoms with van der Waals surface area (Å²) in [6.45, 7) is 4.59. The zero-order valence-electron chi connectivity index (χ0n) is 22.2. The van der Waals surface area contributed by atoms with Crippen molar-refractivity contribution in [3.63, 3.8) is 0 Å². The van der Waals surface area contributed by atoms with Crippen LogP contribution in [-0.4, -0.2) is 69.5 Å². The monoisotopic (exact) mass is 518 g/mol. The molecule has 8 heteroatoms. The van der Waals surface area contributed by atoms with Gasteiger partial charge >= 0.3 is 5.97 Å². The van der Waals surface area contributed by atoms with E-state index in [0.29, 0.717) is 42.3 Å². The molecule has 4 heterocycles. The number of rotatable bonds is 4. The van der Waals surface area contributed by atoms with Crippen LogP contribution >= 0.6 is 0 Å². The lowest BCUT2D eigenvalue weighted by atomic mass is 9.54. The van der Waals surface area contributed by atoms with Crippen LogP contribution < -0.4 is 10.5 Å². The van der Waals surface area contributed by atoms with Crippen LogP contribution in [0.15, 0.2) is 29.1 Å². The van der Waals surface area contributed by atoms with Crippen LogP contribution in [0.4, 0.5) is 5.82 Å². The Morgan fingerprint density at radius 1 is 1.00 bits per heavy atom. The number of morpholine rings is 1. The van der Waals surface area contributed by atoms with Gasteiger partial charge in [0.1, 0.15) is 6.04 Å². The summed E-state index contributed by atoms with van der Waals surface area (Å²) < 4.78 is 8.09. The van der Waals surface area contributed by atoms with E-state index < -0.39 is 12.0 Å². The average Bonchev–Trinajstić information content (AvgIpc) is 3.02. The summed E-state index contributed by atoms with van der Waals surface area (Å²) in [6.07, 6.45) is 9.27. The van der Waals surface area contributed by atoms with Crippen LogP contribution in [0.2, 0.25) is 0 Å². The van der Waals surface area contributed by atoms with E-state index in [1.54, 1.807) is 4.90 Å². The SMILES string of the molecule is CC12CC3CC(N4C5COCC4CC(n4c(=O)c(N6CCC6C(=O)O)nc6ccccc64)C5)CC1CC2C3. The van der Waals surface area contributed by atoms with Crippen LogP contribution in [0.5, 0.6) is 0 Å². The Morgan fingerprint density at radius 2 is 1.76 bits per heavy atom. The molecule has 202 valence electrons. The highest BCUT2D eigenvalue weighted by atomic mass is 16.5. The second kappa shape index (κ2) is 8.28. The second-order valence-corrected chi connectivity index (χ2v) is 13.4. The fourth-order valence-corrected chi connectivity index (χ4v) is 9.77. The van der Waals surface area contributed by atoms with E-state index in [2.05, 4.69) is 11.8 Å². The summed E-state index contributed by atoms with van der Waals surface area (Å²) in [5.74, 6) is 2.12. The molecule has 6 aliphatic rings. The smallest absolute Gasteiger partial charge is 0.326 e. The molecule has 3 saturated carbocycles. The molecule has 8 atom stereocenters. The topological polar surface area (TPSA) is 87.9 Å². The molecule has 6 fully saturated rings. The predicted molar refractivity (Wildman–Crippen MR) is 143 cm³/mol. The maximum Gasteiger partial charge on any atom is 0.326 e. The molecule has 4 bridgehead atoms. The Morgan fingerprint density at radius 3 is 2.50 bits per heavy atom. The van der Waals surface area contributed by atoms with Gasteiger partial charge in [0.2, 0.25) is 0 Å². The zero-order chi connectivity index (χ0) is 25.8. The van der Waals surface area contributed by atoms with E-state index >= 15 is 0 Å². The number of ether oxygens (including phenoxy) is 1. The quantitative estimate of drug-likeness (QED) is 0.661. The van der Waals surface area contributed by atoms with Crippen molar-refractivity contribution in [1.82, 2.24) is 14.5 Å². The summed E-state index contributed by atoms with van der Waals surface area (Å²) in [7, 11) is 0. The highest BCUT2D eigenvalue weighted by Gasteiger charge is 2.60. The third-order valence-corrected chi connectivity index (χ3v) is 11.6. The van der Waals surface area contributed by atoms with Gasteiger partial charge < -0.3 is 19.3 Å². The number of hydrogen-bond acceptors (Lipinski definition) is 6. The van der Waals surface area contributed by atoms with Crippen LogP contribution in [-0.2, 0) is 9.53 Å². The molecule has 2 aromatic rings. The number of nitrogens with zero attached hydrogens (tertiary/aromatic N) is 4. The number of benzene rings is 1. The van der Waals surface area contributed by atoms with Crippen LogP contribution in [0, 0.1) is 23.2 Å². The number of para-hydroxylation sites is 2. The Bertz CT molecular complexity index is 1350. The van der Waals surface area contributed by atoms with Gasteiger partial charge in [-0.25, -0.2) is 9.78 Å². The Kier molecular flexibility index (Phi) is 5.10. The Hall–Kier alpha value is -2.45. The van der Waals surface area contributed by atoms with E-state index in [9.17, 15) is 14.7 Å². The van der Waals surface area contributed by atoms with Crippen molar-refractivity contribution in [2.24, 2.45) is 23.2 Å². The largest absolute Gasteiger partial charge is 0.480 e. The maximum atomic E-state index is 14.0. The molecular weight excluding hydrogens is 480 g/mol. The number of carbonyl (C=O) groups is 1. The molecule has 1 N–H and O–H groups in total. The molecule has 0 radical (unpaired) electrons. The first-order chi connectivity index (χ1) is 18.4. The maximum absolute atomic E-state index is 14.0. The average molecular weight is 519 g/mol. The van der Waals surface area contributed by atoms with Gasteiger partial charge in [-0.1, -0.05) is 19.1 Å². The lowest BCUT2D eigenvalue weighted by Gasteiger charge is -2.56. The molecule has 8 unspecified atom stereocenters. The number of carboxylic acids is 1. The summed E-state index contributed by atoms with van der Waals surface area (Å²) in [5.41, 5.74) is 2.06. The van der Waals surface area contributed by atoms with Crippen molar-refractivity contribution < 1.29 is 14.6 Å². The Balaban J connectivity index is 1.13. The number of aliphatic carboxylic acids is 1. The van der Waals surface area contributed by atoms with Gasteiger partial charge in [0, 0.05) is 30.7 Å². The highest BCUT2D eigenvalue weighted by molar-refractivity contribution is 5.81. The first-order valence-electron chi connectivity index (χ1n) is 14.8. The van der Waals surface area contributed by atoms with Crippen LogP contribution in [0.1, 0.15) is 64.3 Å². The number of anilines is 1. The summed E-state index contributed by atoms with van der Waals surface area (Å²) in [5, 5.41) is 9.65. The highest BCUT2D eigenvalue weighted by Crippen LogP contribution is 2.67. The van der Waals surface area contributed by atoms with E-state index in [0.717, 1.165) is 54.8 Å². The molecule has 8 rings (SSSR count). The van der Waals surface area contributed by atoms with Gasteiger partial charge in [-0.2, -0.15) is 0 Å². The minimum atomic E-state index is -0.888. The molecule has 3 saturated heterocycles. The van der Waals surface area contributed by atoms with Crippen LogP contribution in [0.25, 0.3) is 11.0 Å². The van der Waals surface area contributed by atoms with E-state index in [4.69, 9.17) is 9.72 Å². The van der Waals surface area contributed by atoms with Gasteiger partial charge in [0.15, 0.2) is 5.82 Å². The lowest BCUT2D eigenvalue weighted by molar-refractivity contribution is -0.140. The third-order valence-electron chi connectivity index (χ3n) is 11.6. The first-order valence-corrected chi connectivity index (χ1v) is 14.8. The molecule has 8 nitrogen and oxygen atoms in total. The predicted octanol–water partition coefficient (Wildman–Crippen LogP) is 3.68. The van der Waals surface area contributed by atoms with Crippen molar-refractivity contribution in [3.05, 3.63) is 34.6 Å². The summed E-state index contributed by atoms with van der Waals surface area (Å²) >= 11 is 0. The van der Waals surface area contributed by atoms with Crippen LogP contribution in [0.3, 0.4) is 0 Å². The molecule has 3 aliphatic heterocycles. The molecule has 1 aromatic heterocycles. The number of hydrogen-bond donors (Lipinski definition) is 1. The molecule has 0 amide bonds. The fourth-order valence-electron chi connectivity index (χ4n) is 9.77. The molecule has 3 aliphatic carbocycles. The standard InChI is InChI=1S/C30H38N4O4/c1-30-14-17-8-18(30)10-19(30)11-20(9-17)33-22-12-21(13-23(33)16-38-15-22)34-25-5-3-2-4-24(25)31-27(28(34)35)32-7-6-26(32)29(36)37/h2-5,17-23,26H,6-16H2,1H3,(H,36,37). The minimum Gasteiger partial charge on any atom is -0.480 e. The number of carboxylic acid groups (broad SMARTS) is 1. The number of aromatic nitrogens is 2. The number of fused-ring (bicyclic) bond motifs is 4. The Labute approximate surface area is 223 Å². The molecule has 38 heavy (non-hydrogen) atoms. The lowest BCUT2D eigenvalue weighted by Crippen LogP contribution is -2.62. The summed E-state index contributed by atoms with van der Waals surface area (Å²) in [4.78, 5) is 35.0. The van der Waals surface area contributed by atoms with Gasteiger partial charge in [-0.15, -0.1) is 0 Å². The normalized spacial score (nSPS) is 41.9. The van der Waals surface area contributed by atoms with Crippen molar-refractivity contribution in [3.8, 4) is 0 Å². The van der Waals surface area contributed by atoms with Crippen molar-refractivity contribution in [2.45, 2.75) is 88.5 Å². The second-order valence-electron chi connectivity index (χ2n) is 13.4. The minimum absolute atomic E-state index is 0.0571. The fraction of sp³-hybridized carbons (Fsp3) is 0.700. The first kappa shape index (κ1) is 23.4. The van der Waals surface area contributed by atoms with E-state index in [1.807, 2.05) is 28.8 Å². The van der Waals surface area contributed by atoms with Crippen molar-refractivity contribution in [1.29, 1.82) is 0 Å². The zero-order valence-corrected chi connectivity index (χ0v) is 22.2. The van der Waals surface area contributed by atoms with Gasteiger partial charge in [-0.3, -0.25) is 9.69 Å². The molecule has 0 spiro atoms. The van der Waals surface area contributed by atoms with Gasteiger partial charge in [0.05, 0.1) is 24.2 Å². The van der Waals surface area contributed by atoms with Crippen molar-refractivity contribution >= 4 is 22.8 Å². The van der Waals surface area contributed by atoms with E-state index in [-0.39, 0.29) is 11.6 Å². The van der Waals surface area contributed by atoms with Gasteiger partial charge in [0.25, 0.3) is 5.56 Å². The van der Waals surface area contributed by atoms with Gasteiger partial charge in [-0.05, 0) is 86.7 Å².